The monoisotopic (exact) mass is 378 g/mol. The first-order valence-corrected chi connectivity index (χ1v) is 10.5. The Kier molecular flexibility index (Phi) is 8.77. The number of carbonyl (C=O) groups excluding carboxylic acids is 1. The predicted octanol–water partition coefficient (Wildman–Crippen LogP) is 3.14. The number of piperidine rings is 1. The van der Waals surface area contributed by atoms with Crippen LogP contribution in [0.2, 0.25) is 0 Å². The number of likely N-dealkylation sites (tertiary alicyclic amines) is 1. The molecule has 6 heteroatoms. The summed E-state index contributed by atoms with van der Waals surface area (Å²) < 4.78 is 7.18. The van der Waals surface area contributed by atoms with Crippen molar-refractivity contribution in [2.45, 2.75) is 59.4 Å². The highest BCUT2D eigenvalue weighted by Crippen LogP contribution is 2.21. The summed E-state index contributed by atoms with van der Waals surface area (Å²) in [5, 5.41) is 7.67. The molecular weight excluding hydrogens is 340 g/mol. The first-order valence-electron chi connectivity index (χ1n) is 10.5. The second kappa shape index (κ2) is 10.8. The topological polar surface area (TPSA) is 59.4 Å². The Hall–Kier alpha value is -1.40. The highest BCUT2D eigenvalue weighted by atomic mass is 16.5. The summed E-state index contributed by atoms with van der Waals surface area (Å²) in [5.74, 6) is 1.49. The van der Waals surface area contributed by atoms with Crippen LogP contribution in [0.15, 0.2) is 6.20 Å². The molecule has 27 heavy (non-hydrogen) atoms. The Morgan fingerprint density at radius 1 is 1.26 bits per heavy atom. The van der Waals surface area contributed by atoms with Gasteiger partial charge in [-0.25, -0.2) is 0 Å². The Labute approximate surface area is 164 Å². The third-order valence-corrected chi connectivity index (χ3v) is 5.46. The first-order chi connectivity index (χ1) is 12.9. The molecule has 6 nitrogen and oxygen atoms in total. The van der Waals surface area contributed by atoms with Gasteiger partial charge in [0.15, 0.2) is 0 Å². The lowest BCUT2D eigenvalue weighted by Gasteiger charge is -2.31. The molecule has 0 radical (unpaired) electrons. The van der Waals surface area contributed by atoms with Gasteiger partial charge in [0, 0.05) is 26.7 Å². The minimum atomic E-state index is 0.0244. The molecule has 0 unspecified atom stereocenters. The lowest BCUT2D eigenvalue weighted by Crippen LogP contribution is -2.40. The summed E-state index contributed by atoms with van der Waals surface area (Å²) in [6.07, 6.45) is 5.09. The Bertz CT molecular complexity index is 575. The van der Waals surface area contributed by atoms with Crippen LogP contribution >= 0.6 is 0 Å². The van der Waals surface area contributed by atoms with E-state index in [0.29, 0.717) is 11.8 Å². The molecule has 0 saturated carbocycles. The molecule has 1 saturated heterocycles. The van der Waals surface area contributed by atoms with E-state index in [1.165, 1.54) is 0 Å². The van der Waals surface area contributed by atoms with Crippen LogP contribution in [0.5, 0.6) is 0 Å². The third-order valence-electron chi connectivity index (χ3n) is 5.46. The van der Waals surface area contributed by atoms with Crippen LogP contribution in [-0.2, 0) is 11.3 Å². The summed E-state index contributed by atoms with van der Waals surface area (Å²) in [7, 11) is 1.75. The standard InChI is InChI=1S/C21H38N4O2/c1-16(2)6-11-25-20(17(3)4)19(15-23-25)21(26)22-14-18-7-9-24(10-8-18)12-13-27-5/h15-18H,6-14H2,1-5H3,(H,22,26). The van der Waals surface area contributed by atoms with Crippen molar-refractivity contribution >= 4 is 5.91 Å². The number of hydrogen-bond donors (Lipinski definition) is 1. The van der Waals surface area contributed by atoms with Crippen molar-refractivity contribution in [1.82, 2.24) is 20.0 Å². The van der Waals surface area contributed by atoms with Gasteiger partial charge in [-0.3, -0.25) is 9.48 Å². The largest absolute Gasteiger partial charge is 0.383 e. The van der Waals surface area contributed by atoms with Gasteiger partial charge in [-0.2, -0.15) is 5.10 Å². The zero-order chi connectivity index (χ0) is 19.8. The van der Waals surface area contributed by atoms with Crippen molar-refractivity contribution in [2.24, 2.45) is 11.8 Å². The maximum absolute atomic E-state index is 12.8. The van der Waals surface area contributed by atoms with Crippen molar-refractivity contribution in [3.8, 4) is 0 Å². The number of rotatable bonds is 10. The van der Waals surface area contributed by atoms with E-state index in [9.17, 15) is 4.79 Å². The summed E-state index contributed by atoms with van der Waals surface area (Å²) in [6.45, 7) is 14.3. The molecule has 2 rings (SSSR count). The Morgan fingerprint density at radius 2 is 1.96 bits per heavy atom. The number of nitrogens with one attached hydrogen (secondary N) is 1. The second-order valence-corrected chi connectivity index (χ2v) is 8.49. The Balaban J connectivity index is 1.87. The van der Waals surface area contributed by atoms with E-state index in [4.69, 9.17) is 4.74 Å². The number of aryl methyl sites for hydroxylation is 1. The Morgan fingerprint density at radius 3 is 2.56 bits per heavy atom. The molecule has 0 spiro atoms. The molecule has 1 fully saturated rings. The molecule has 1 aliphatic heterocycles. The minimum Gasteiger partial charge on any atom is -0.383 e. The minimum absolute atomic E-state index is 0.0244. The quantitative estimate of drug-likeness (QED) is 0.679. The van der Waals surface area contributed by atoms with E-state index in [-0.39, 0.29) is 11.8 Å². The molecule has 0 aliphatic carbocycles. The highest BCUT2D eigenvalue weighted by molar-refractivity contribution is 5.95. The number of aromatic nitrogens is 2. The highest BCUT2D eigenvalue weighted by Gasteiger charge is 2.23. The van der Waals surface area contributed by atoms with E-state index in [1.807, 2.05) is 4.68 Å². The molecule has 1 aromatic rings. The average molecular weight is 379 g/mol. The SMILES string of the molecule is COCCN1CCC(CNC(=O)c2cnn(CCC(C)C)c2C(C)C)CC1. The van der Waals surface area contributed by atoms with Crippen molar-refractivity contribution in [3.05, 3.63) is 17.5 Å². The normalized spacial score (nSPS) is 16.4. The van der Waals surface area contributed by atoms with E-state index in [1.54, 1.807) is 13.3 Å². The first kappa shape index (κ1) is 21.9. The maximum Gasteiger partial charge on any atom is 0.254 e. The maximum atomic E-state index is 12.8. The van der Waals surface area contributed by atoms with Crippen molar-refractivity contribution in [1.29, 1.82) is 0 Å². The molecular formula is C21H38N4O2. The van der Waals surface area contributed by atoms with Crippen molar-refractivity contribution < 1.29 is 9.53 Å². The van der Waals surface area contributed by atoms with Crippen LogP contribution in [0.3, 0.4) is 0 Å². The fraction of sp³-hybridized carbons (Fsp3) is 0.810. The summed E-state index contributed by atoms with van der Waals surface area (Å²) in [5.41, 5.74) is 1.80. The zero-order valence-corrected chi connectivity index (χ0v) is 17.8. The number of methoxy groups -OCH3 is 1. The molecule has 1 aromatic heterocycles. The lowest BCUT2D eigenvalue weighted by atomic mass is 9.96. The second-order valence-electron chi connectivity index (χ2n) is 8.49. The molecule has 154 valence electrons. The van der Waals surface area contributed by atoms with E-state index in [2.05, 4.69) is 43.0 Å². The molecule has 2 heterocycles. The van der Waals surface area contributed by atoms with Crippen molar-refractivity contribution in [3.63, 3.8) is 0 Å². The molecule has 1 amide bonds. The van der Waals surface area contributed by atoms with Crippen LogP contribution in [0.1, 0.15) is 68.9 Å². The number of hydrogen-bond acceptors (Lipinski definition) is 4. The number of carbonyl (C=O) groups is 1. The van der Waals surface area contributed by atoms with Gasteiger partial charge in [0.2, 0.25) is 0 Å². The van der Waals surface area contributed by atoms with Crippen LogP contribution in [-0.4, -0.2) is 60.5 Å². The van der Waals surface area contributed by atoms with E-state index in [0.717, 1.165) is 69.9 Å². The summed E-state index contributed by atoms with van der Waals surface area (Å²) in [4.78, 5) is 15.2. The van der Waals surface area contributed by atoms with E-state index < -0.39 is 0 Å². The number of amides is 1. The van der Waals surface area contributed by atoms with Gasteiger partial charge in [0.1, 0.15) is 0 Å². The molecule has 0 aromatic carbocycles. The van der Waals surface area contributed by atoms with Crippen LogP contribution in [0, 0.1) is 11.8 Å². The van der Waals surface area contributed by atoms with E-state index >= 15 is 0 Å². The molecule has 0 bridgehead atoms. The van der Waals surface area contributed by atoms with Gasteiger partial charge >= 0.3 is 0 Å². The zero-order valence-electron chi connectivity index (χ0n) is 17.8. The van der Waals surface area contributed by atoms with Gasteiger partial charge in [-0.05, 0) is 50.1 Å². The van der Waals surface area contributed by atoms with Crippen LogP contribution in [0.25, 0.3) is 0 Å². The average Bonchev–Trinajstić information content (AvgIpc) is 3.08. The smallest absolute Gasteiger partial charge is 0.254 e. The van der Waals surface area contributed by atoms with Crippen LogP contribution in [0.4, 0.5) is 0 Å². The third kappa shape index (κ3) is 6.61. The molecule has 1 aliphatic rings. The fourth-order valence-corrected chi connectivity index (χ4v) is 3.70. The van der Waals surface area contributed by atoms with Crippen LogP contribution < -0.4 is 5.32 Å². The summed E-state index contributed by atoms with van der Waals surface area (Å²) in [6, 6.07) is 0. The molecule has 0 atom stereocenters. The van der Waals surface area contributed by atoms with Gasteiger partial charge in [-0.1, -0.05) is 27.7 Å². The van der Waals surface area contributed by atoms with Gasteiger partial charge < -0.3 is 15.0 Å². The number of ether oxygens (including phenoxy) is 1. The van der Waals surface area contributed by atoms with Gasteiger partial charge in [0.05, 0.1) is 24.1 Å². The van der Waals surface area contributed by atoms with Gasteiger partial charge in [0.25, 0.3) is 5.91 Å². The molecule has 1 N–H and O–H groups in total. The van der Waals surface area contributed by atoms with Crippen molar-refractivity contribution in [2.75, 3.05) is 39.9 Å². The predicted molar refractivity (Wildman–Crippen MR) is 109 cm³/mol. The number of nitrogens with zero attached hydrogens (tertiary/aromatic N) is 3. The fourth-order valence-electron chi connectivity index (χ4n) is 3.70. The van der Waals surface area contributed by atoms with Gasteiger partial charge in [-0.15, -0.1) is 0 Å². The lowest BCUT2D eigenvalue weighted by molar-refractivity contribution is 0.0924. The summed E-state index contributed by atoms with van der Waals surface area (Å²) >= 11 is 0.